The summed E-state index contributed by atoms with van der Waals surface area (Å²) in [5, 5.41) is 0.298. The van der Waals surface area contributed by atoms with E-state index in [4.69, 9.17) is 13.9 Å². The summed E-state index contributed by atoms with van der Waals surface area (Å²) in [5.74, 6) is -0.709. The number of nitrogens with zero attached hydrogens (tertiary/aromatic N) is 2. The number of benzene rings is 3. The quantitative estimate of drug-likeness (QED) is 0.223. The molecule has 1 amide bonds. The van der Waals surface area contributed by atoms with Crippen molar-refractivity contribution in [2.75, 3.05) is 18.0 Å². The van der Waals surface area contributed by atoms with Crippen molar-refractivity contribution in [1.82, 2.24) is 4.98 Å². The number of methoxy groups -OCH3 is 1. The van der Waals surface area contributed by atoms with E-state index < -0.39 is 21.9 Å². The fourth-order valence-corrected chi connectivity index (χ4v) is 5.65. The largest absolute Gasteiger partial charge is 0.497 e. The Morgan fingerprint density at radius 3 is 2.27 bits per heavy atom. The lowest BCUT2D eigenvalue weighted by Crippen LogP contribution is -2.37. The highest BCUT2D eigenvalue weighted by atomic mass is 32.2. The molecule has 2 aromatic heterocycles. The number of hydrogen-bond acceptors (Lipinski definition) is 8. The molecule has 0 spiro atoms. The Bertz CT molecular complexity index is 1780. The summed E-state index contributed by atoms with van der Waals surface area (Å²) in [4.78, 5) is 30.7. The number of sulfonamides is 1. The number of aromatic nitrogens is 1. The van der Waals surface area contributed by atoms with Gasteiger partial charge in [-0.2, -0.15) is 4.31 Å². The number of carbonyl (C=O) groups is 2. The number of ether oxygens (including phenoxy) is 2. The van der Waals surface area contributed by atoms with E-state index in [-0.39, 0.29) is 34.1 Å². The lowest BCUT2D eigenvalue weighted by atomic mass is 10.1. The fourth-order valence-electron chi connectivity index (χ4n) is 4.24. The average Bonchev–Trinajstić information content (AvgIpc) is 3.37. The van der Waals surface area contributed by atoms with Gasteiger partial charge in [-0.3, -0.25) is 9.78 Å². The molecule has 0 saturated heterocycles. The standard InChI is InChI=1S/C30H24N2O7S/c1-3-38-30(34)27-25-19-22(9-14-26(25)39-28(27)20-7-5-4-6-8-20)32(29(33)21-15-17-31-18-16-21)40(35,36)24-12-10-23(37-2)11-13-24/h4-19H,3H2,1-2H3. The van der Waals surface area contributed by atoms with E-state index in [1.165, 1.54) is 74.1 Å². The van der Waals surface area contributed by atoms with Gasteiger partial charge in [-0.1, -0.05) is 30.3 Å². The SMILES string of the molecule is CCOC(=O)c1c(-c2ccccc2)oc2ccc(N(C(=O)c3ccncc3)S(=O)(=O)c3ccc(OC)cc3)cc12. The first kappa shape index (κ1) is 26.6. The number of anilines is 1. The minimum atomic E-state index is -4.42. The predicted octanol–water partition coefficient (Wildman–Crippen LogP) is 5.72. The maximum Gasteiger partial charge on any atom is 0.342 e. The number of fused-ring (bicyclic) bond motifs is 1. The third-order valence-electron chi connectivity index (χ3n) is 6.13. The van der Waals surface area contributed by atoms with Crippen LogP contribution in [0.4, 0.5) is 5.69 Å². The molecule has 0 saturated carbocycles. The van der Waals surface area contributed by atoms with Crippen molar-refractivity contribution >= 4 is 38.6 Å². The number of esters is 1. The van der Waals surface area contributed by atoms with Crippen molar-refractivity contribution in [3.8, 4) is 17.1 Å². The van der Waals surface area contributed by atoms with E-state index in [0.717, 1.165) is 0 Å². The number of amides is 1. The van der Waals surface area contributed by atoms with Gasteiger partial charge in [0.2, 0.25) is 0 Å². The van der Waals surface area contributed by atoms with Crippen LogP contribution < -0.4 is 9.04 Å². The van der Waals surface area contributed by atoms with Crippen LogP contribution in [-0.4, -0.2) is 39.0 Å². The van der Waals surface area contributed by atoms with Crippen LogP contribution >= 0.6 is 0 Å². The molecule has 3 aromatic carbocycles. The third-order valence-corrected chi connectivity index (χ3v) is 7.86. The first-order valence-corrected chi connectivity index (χ1v) is 13.7. The van der Waals surface area contributed by atoms with Crippen molar-refractivity contribution in [2.24, 2.45) is 0 Å². The summed E-state index contributed by atoms with van der Waals surface area (Å²) in [5.41, 5.74) is 1.21. The molecule has 0 fully saturated rings. The first-order valence-electron chi connectivity index (χ1n) is 12.3. The average molecular weight is 557 g/mol. The van der Waals surface area contributed by atoms with E-state index >= 15 is 0 Å². The molecule has 0 bridgehead atoms. The molecule has 202 valence electrons. The third kappa shape index (κ3) is 4.92. The second-order valence-corrected chi connectivity index (χ2v) is 10.3. The number of furan rings is 1. The molecular formula is C30H24N2O7S. The second kappa shape index (κ2) is 11.0. The highest BCUT2D eigenvalue weighted by Gasteiger charge is 2.33. The van der Waals surface area contributed by atoms with Gasteiger partial charge in [-0.05, 0) is 61.5 Å². The maximum atomic E-state index is 14.0. The number of pyridine rings is 1. The van der Waals surface area contributed by atoms with Crippen LogP contribution in [0.1, 0.15) is 27.6 Å². The Labute approximate surface area is 230 Å². The van der Waals surface area contributed by atoms with Gasteiger partial charge < -0.3 is 13.9 Å². The van der Waals surface area contributed by atoms with Gasteiger partial charge in [0.05, 0.1) is 24.3 Å². The van der Waals surface area contributed by atoms with Crippen molar-refractivity contribution in [2.45, 2.75) is 11.8 Å². The Kier molecular flexibility index (Phi) is 7.35. The molecule has 2 heterocycles. The maximum absolute atomic E-state index is 14.0. The molecule has 9 nitrogen and oxygen atoms in total. The summed E-state index contributed by atoms with van der Waals surface area (Å²) >= 11 is 0. The van der Waals surface area contributed by atoms with Crippen LogP contribution in [0.2, 0.25) is 0 Å². The lowest BCUT2D eigenvalue weighted by molar-refractivity contribution is 0.0528. The Balaban J connectivity index is 1.73. The van der Waals surface area contributed by atoms with Gasteiger partial charge in [-0.25, -0.2) is 13.2 Å². The van der Waals surface area contributed by atoms with Crippen molar-refractivity contribution in [3.63, 3.8) is 0 Å². The Morgan fingerprint density at radius 2 is 1.62 bits per heavy atom. The van der Waals surface area contributed by atoms with Gasteiger partial charge in [0.15, 0.2) is 0 Å². The molecule has 0 aliphatic rings. The summed E-state index contributed by atoms with van der Waals surface area (Å²) < 4.78 is 45.1. The molecule has 0 aliphatic carbocycles. The molecule has 0 unspecified atom stereocenters. The van der Waals surface area contributed by atoms with Crippen LogP contribution in [0.5, 0.6) is 5.75 Å². The number of carbonyl (C=O) groups excluding carboxylic acids is 2. The van der Waals surface area contributed by atoms with E-state index in [9.17, 15) is 18.0 Å². The zero-order chi connectivity index (χ0) is 28.3. The first-order chi connectivity index (χ1) is 19.3. The second-order valence-electron chi connectivity index (χ2n) is 8.56. The van der Waals surface area contributed by atoms with Gasteiger partial charge in [0, 0.05) is 28.9 Å². The fraction of sp³-hybridized carbons (Fsp3) is 0.100. The molecule has 5 rings (SSSR count). The molecular weight excluding hydrogens is 532 g/mol. The smallest absolute Gasteiger partial charge is 0.342 e. The molecule has 5 aromatic rings. The zero-order valence-corrected chi connectivity index (χ0v) is 22.4. The van der Waals surface area contributed by atoms with E-state index in [1.54, 1.807) is 31.2 Å². The van der Waals surface area contributed by atoms with E-state index in [1.807, 2.05) is 6.07 Å². The molecule has 0 aliphatic heterocycles. The topological polar surface area (TPSA) is 116 Å². The molecule has 40 heavy (non-hydrogen) atoms. The molecule has 0 radical (unpaired) electrons. The van der Waals surface area contributed by atoms with Gasteiger partial charge in [0.25, 0.3) is 15.9 Å². The van der Waals surface area contributed by atoms with Crippen LogP contribution in [0.25, 0.3) is 22.3 Å². The van der Waals surface area contributed by atoms with Crippen LogP contribution in [0, 0.1) is 0 Å². The van der Waals surface area contributed by atoms with Crippen LogP contribution in [0.3, 0.4) is 0 Å². The normalized spacial score (nSPS) is 11.2. The molecule has 0 atom stereocenters. The predicted molar refractivity (Wildman–Crippen MR) is 149 cm³/mol. The van der Waals surface area contributed by atoms with Gasteiger partial charge in [-0.15, -0.1) is 0 Å². The van der Waals surface area contributed by atoms with Crippen molar-refractivity contribution < 1.29 is 31.9 Å². The highest BCUT2D eigenvalue weighted by molar-refractivity contribution is 7.93. The Morgan fingerprint density at radius 1 is 0.925 bits per heavy atom. The number of hydrogen-bond donors (Lipinski definition) is 0. The summed E-state index contributed by atoms with van der Waals surface area (Å²) in [6.45, 7) is 1.81. The summed E-state index contributed by atoms with van der Waals surface area (Å²) in [7, 11) is -2.96. The number of rotatable bonds is 8. The summed E-state index contributed by atoms with van der Waals surface area (Å²) in [6, 6.07) is 22.0. The minimum absolute atomic E-state index is 0.0103. The minimum Gasteiger partial charge on any atom is -0.497 e. The summed E-state index contributed by atoms with van der Waals surface area (Å²) in [6.07, 6.45) is 2.80. The van der Waals surface area contributed by atoms with Crippen LogP contribution in [0.15, 0.2) is 107 Å². The van der Waals surface area contributed by atoms with E-state index in [0.29, 0.717) is 26.6 Å². The molecule has 0 N–H and O–H groups in total. The zero-order valence-electron chi connectivity index (χ0n) is 21.6. The lowest BCUT2D eigenvalue weighted by Gasteiger charge is -2.23. The van der Waals surface area contributed by atoms with Crippen molar-refractivity contribution in [1.29, 1.82) is 0 Å². The van der Waals surface area contributed by atoms with E-state index in [2.05, 4.69) is 4.98 Å². The molecule has 10 heteroatoms. The highest BCUT2D eigenvalue weighted by Crippen LogP contribution is 2.37. The van der Waals surface area contributed by atoms with Crippen molar-refractivity contribution in [3.05, 3.63) is 108 Å². The van der Waals surface area contributed by atoms with Gasteiger partial charge in [0.1, 0.15) is 22.7 Å². The monoisotopic (exact) mass is 556 g/mol. The Hall–Kier alpha value is -4.96. The van der Waals surface area contributed by atoms with Gasteiger partial charge >= 0.3 is 5.97 Å². The van der Waals surface area contributed by atoms with Crippen LogP contribution in [-0.2, 0) is 14.8 Å².